The number of methoxy groups -OCH3 is 2. The Labute approximate surface area is 258 Å². The number of nitrogens with one attached hydrogen (secondary N) is 1. The van der Waals surface area contributed by atoms with E-state index in [1.807, 2.05) is 42.5 Å². The van der Waals surface area contributed by atoms with E-state index in [1.165, 1.54) is 12.4 Å². The number of benzene rings is 2. The maximum Gasteiger partial charge on any atom is 0.162 e. The van der Waals surface area contributed by atoms with E-state index < -0.39 is 0 Å². The Bertz CT molecular complexity index is 1650. The Morgan fingerprint density at radius 3 is 2.64 bits per heavy atom. The lowest BCUT2D eigenvalue weighted by atomic mass is 9.71. The highest BCUT2D eigenvalue weighted by atomic mass is 16.5. The average molecular weight is 596 g/mol. The number of hydrogen-bond donors (Lipinski definition) is 1. The van der Waals surface area contributed by atoms with Gasteiger partial charge >= 0.3 is 0 Å². The number of hydrogen-bond acceptors (Lipinski definition) is 8. The first kappa shape index (κ1) is 29.7. The number of furan rings is 1. The van der Waals surface area contributed by atoms with Gasteiger partial charge in [0.25, 0.3) is 0 Å². The van der Waals surface area contributed by atoms with Crippen LogP contribution in [0.25, 0.3) is 22.2 Å². The van der Waals surface area contributed by atoms with Crippen molar-refractivity contribution in [3.05, 3.63) is 67.7 Å². The molecule has 2 fully saturated rings. The highest BCUT2D eigenvalue weighted by Gasteiger charge is 2.47. The predicted octanol–water partition coefficient (Wildman–Crippen LogP) is 8.40. The quantitative estimate of drug-likeness (QED) is 0.183. The molecule has 8 nitrogen and oxygen atoms in total. The van der Waals surface area contributed by atoms with Gasteiger partial charge in [-0.25, -0.2) is 9.97 Å². The molecule has 5 atom stereocenters. The molecule has 230 valence electrons. The zero-order chi connectivity index (χ0) is 30.8. The van der Waals surface area contributed by atoms with Crippen LogP contribution in [0.4, 0.5) is 11.5 Å². The summed E-state index contributed by atoms with van der Waals surface area (Å²) in [4.78, 5) is 21.6. The molecule has 2 bridgehead atoms. The molecular weight excluding hydrogens is 554 g/mol. The van der Waals surface area contributed by atoms with Gasteiger partial charge in [-0.1, -0.05) is 20.4 Å². The van der Waals surface area contributed by atoms with Crippen molar-refractivity contribution in [3.63, 3.8) is 0 Å². The number of carbonyl (C=O) groups excluding carboxylic acids is 1. The van der Waals surface area contributed by atoms with Crippen LogP contribution in [0.2, 0.25) is 0 Å². The molecule has 2 aliphatic carbocycles. The van der Waals surface area contributed by atoms with Crippen LogP contribution in [0.3, 0.4) is 0 Å². The van der Waals surface area contributed by atoms with Crippen LogP contribution in [0.5, 0.6) is 17.2 Å². The molecule has 2 aromatic carbocycles. The first-order chi connectivity index (χ1) is 21.3. The molecule has 2 aliphatic rings. The molecule has 0 spiro atoms. The van der Waals surface area contributed by atoms with Crippen molar-refractivity contribution in [1.29, 1.82) is 0 Å². The maximum absolute atomic E-state index is 12.4. The lowest BCUT2D eigenvalue weighted by Gasteiger charge is -2.36. The Morgan fingerprint density at radius 2 is 1.89 bits per heavy atom. The van der Waals surface area contributed by atoms with E-state index in [2.05, 4.69) is 35.7 Å². The first-order valence-corrected chi connectivity index (χ1v) is 15.4. The van der Waals surface area contributed by atoms with Crippen molar-refractivity contribution < 1.29 is 23.4 Å². The normalized spacial score (nSPS) is 24.7. The second-order valence-corrected chi connectivity index (χ2v) is 12.8. The Kier molecular flexibility index (Phi) is 8.34. The number of nitrogens with zero attached hydrogens (tertiary/aromatic N) is 2. The van der Waals surface area contributed by atoms with Crippen LogP contribution in [0.15, 0.2) is 72.1 Å². The van der Waals surface area contributed by atoms with Crippen molar-refractivity contribution in [1.82, 2.24) is 9.97 Å². The minimum absolute atomic E-state index is 0.0288. The summed E-state index contributed by atoms with van der Waals surface area (Å²) in [6.45, 7) is 8.35. The lowest BCUT2D eigenvalue weighted by molar-refractivity contribution is -0.117. The van der Waals surface area contributed by atoms with Crippen molar-refractivity contribution in [2.24, 2.45) is 23.2 Å². The fourth-order valence-corrected chi connectivity index (χ4v) is 7.76. The maximum atomic E-state index is 12.4. The van der Waals surface area contributed by atoms with E-state index in [-0.39, 0.29) is 17.3 Å². The topological polar surface area (TPSA) is 95.7 Å². The Morgan fingerprint density at radius 1 is 1.05 bits per heavy atom. The van der Waals surface area contributed by atoms with Crippen molar-refractivity contribution in [2.45, 2.75) is 58.5 Å². The molecule has 2 saturated carbocycles. The number of ether oxygens (including phenoxy) is 3. The SMILES string of the molecule is C=CC(=O)CC12CC(C)CC(Oc3cc4c(Nc5cc(-c6ccco6)ccc5OC)ncnc4cc3OC)CC(C1)C(C)C2. The summed E-state index contributed by atoms with van der Waals surface area (Å²) in [5, 5.41) is 4.27. The van der Waals surface area contributed by atoms with Gasteiger partial charge in [-0.3, -0.25) is 4.79 Å². The summed E-state index contributed by atoms with van der Waals surface area (Å²) in [6.07, 6.45) is 10.4. The summed E-state index contributed by atoms with van der Waals surface area (Å²) in [7, 11) is 3.30. The van der Waals surface area contributed by atoms with Gasteiger partial charge in [0.05, 0.1) is 37.8 Å². The van der Waals surface area contributed by atoms with E-state index in [1.54, 1.807) is 20.5 Å². The smallest absolute Gasteiger partial charge is 0.162 e. The summed E-state index contributed by atoms with van der Waals surface area (Å²) in [5.74, 6) is 5.01. The molecule has 0 radical (unpaired) electrons. The molecular formula is C36H41N3O5. The third kappa shape index (κ3) is 6.03. The van der Waals surface area contributed by atoms with Crippen molar-refractivity contribution in [3.8, 4) is 28.6 Å². The number of allylic oxidation sites excluding steroid dienone is 1. The van der Waals surface area contributed by atoms with E-state index in [4.69, 9.17) is 18.6 Å². The zero-order valence-corrected chi connectivity index (χ0v) is 26.0. The number of anilines is 2. The van der Waals surface area contributed by atoms with Gasteiger partial charge in [-0.15, -0.1) is 0 Å². The van der Waals surface area contributed by atoms with Gasteiger partial charge in [-0.2, -0.15) is 0 Å². The van der Waals surface area contributed by atoms with Crippen LogP contribution in [0, 0.1) is 23.2 Å². The summed E-state index contributed by atoms with van der Waals surface area (Å²) >= 11 is 0. The van der Waals surface area contributed by atoms with Crippen LogP contribution < -0.4 is 19.5 Å². The monoisotopic (exact) mass is 595 g/mol. The second kappa shape index (κ2) is 12.3. The summed E-state index contributed by atoms with van der Waals surface area (Å²) < 4.78 is 23.9. The molecule has 1 N–H and O–H groups in total. The molecule has 0 aliphatic heterocycles. The van der Waals surface area contributed by atoms with E-state index >= 15 is 0 Å². The highest BCUT2D eigenvalue weighted by Crippen LogP contribution is 2.55. The lowest BCUT2D eigenvalue weighted by Crippen LogP contribution is -2.31. The van der Waals surface area contributed by atoms with Gasteiger partial charge in [0, 0.05) is 23.4 Å². The first-order valence-electron chi connectivity index (χ1n) is 15.4. The highest BCUT2D eigenvalue weighted by molar-refractivity contribution is 5.94. The Hall–Kier alpha value is -4.33. The van der Waals surface area contributed by atoms with Crippen LogP contribution in [-0.2, 0) is 4.79 Å². The molecule has 6 rings (SSSR count). The van der Waals surface area contributed by atoms with Gasteiger partial charge < -0.3 is 23.9 Å². The zero-order valence-electron chi connectivity index (χ0n) is 26.0. The minimum Gasteiger partial charge on any atom is -0.495 e. The largest absolute Gasteiger partial charge is 0.495 e. The number of aromatic nitrogens is 2. The molecule has 2 aromatic heterocycles. The molecule has 0 amide bonds. The molecule has 2 heterocycles. The van der Waals surface area contributed by atoms with Crippen molar-refractivity contribution >= 4 is 28.2 Å². The molecule has 0 saturated heterocycles. The Balaban J connectivity index is 1.30. The van der Waals surface area contributed by atoms with Gasteiger partial charge in [0.15, 0.2) is 17.3 Å². The number of ketones is 1. The van der Waals surface area contributed by atoms with Gasteiger partial charge in [0.1, 0.15) is 23.7 Å². The van der Waals surface area contributed by atoms with E-state index in [0.29, 0.717) is 47.2 Å². The molecule has 4 aromatic rings. The van der Waals surface area contributed by atoms with Gasteiger partial charge in [-0.05, 0) is 97.7 Å². The second-order valence-electron chi connectivity index (χ2n) is 12.8. The standard InChI is InChI=1S/C36H41N3O5/c1-6-26(40)20-36-17-22(2)12-27(13-25(19-36)23(3)18-36)44-34-15-28-29(16-33(34)42-5)37-21-38-35(28)39-30-14-24(9-10-32(30)41-4)31-8-7-11-43-31/h6-11,14-16,21-23,25,27H,1,12-13,17-20H2,2-5H3,(H,37,38,39). The van der Waals surface area contributed by atoms with E-state index in [0.717, 1.165) is 60.0 Å². The number of carbonyl (C=O) groups is 1. The molecule has 8 heteroatoms. The van der Waals surface area contributed by atoms with Crippen molar-refractivity contribution in [2.75, 3.05) is 19.5 Å². The third-order valence-electron chi connectivity index (χ3n) is 9.52. The van der Waals surface area contributed by atoms with E-state index in [9.17, 15) is 4.79 Å². The minimum atomic E-state index is 0.0288. The number of rotatable bonds is 10. The molecule has 5 unspecified atom stereocenters. The fraction of sp³-hybridized carbons (Fsp3) is 0.417. The van der Waals surface area contributed by atoms with Crippen LogP contribution >= 0.6 is 0 Å². The fourth-order valence-electron chi connectivity index (χ4n) is 7.76. The third-order valence-corrected chi connectivity index (χ3v) is 9.52. The molecule has 44 heavy (non-hydrogen) atoms. The average Bonchev–Trinajstić information content (AvgIpc) is 3.65. The number of fused-ring (bicyclic) bond motifs is 3. The summed E-state index contributed by atoms with van der Waals surface area (Å²) in [6, 6.07) is 13.5. The van der Waals surface area contributed by atoms with Gasteiger partial charge in [0.2, 0.25) is 0 Å². The summed E-state index contributed by atoms with van der Waals surface area (Å²) in [5.41, 5.74) is 2.48. The van der Waals surface area contributed by atoms with Crippen LogP contribution in [-0.4, -0.2) is 36.1 Å². The predicted molar refractivity (Wildman–Crippen MR) is 172 cm³/mol. The van der Waals surface area contributed by atoms with Crippen LogP contribution in [0.1, 0.15) is 52.4 Å².